The van der Waals surface area contributed by atoms with Crippen LogP contribution in [0.1, 0.15) is 38.7 Å². The lowest BCUT2D eigenvalue weighted by atomic mass is 9.91. The van der Waals surface area contributed by atoms with Crippen LogP contribution in [-0.4, -0.2) is 19.7 Å². The number of hydrogen-bond donors (Lipinski definition) is 1. The summed E-state index contributed by atoms with van der Waals surface area (Å²) in [6.07, 6.45) is 5.10. The van der Waals surface area contributed by atoms with Gasteiger partial charge in [0.1, 0.15) is 5.75 Å². The van der Waals surface area contributed by atoms with Crippen molar-refractivity contribution in [1.29, 1.82) is 0 Å². The summed E-state index contributed by atoms with van der Waals surface area (Å²) in [5, 5.41) is 3.43. The number of para-hydroxylation sites is 1. The Labute approximate surface area is 117 Å². The van der Waals surface area contributed by atoms with Crippen LogP contribution in [0, 0.1) is 11.8 Å². The Morgan fingerprint density at radius 3 is 2.68 bits per heavy atom. The summed E-state index contributed by atoms with van der Waals surface area (Å²) in [6.45, 7) is 7.58. The van der Waals surface area contributed by atoms with Gasteiger partial charge in [-0.3, -0.25) is 0 Å². The molecule has 0 radical (unpaired) electrons. The zero-order valence-corrected chi connectivity index (χ0v) is 12.3. The van der Waals surface area contributed by atoms with Crippen molar-refractivity contribution in [2.45, 2.75) is 39.5 Å². The maximum absolute atomic E-state index is 5.93. The summed E-state index contributed by atoms with van der Waals surface area (Å²) in [6, 6.07) is 8.53. The van der Waals surface area contributed by atoms with Gasteiger partial charge in [-0.15, -0.1) is 0 Å². The number of nitrogens with one attached hydrogen (secondary N) is 1. The minimum Gasteiger partial charge on any atom is -0.493 e. The molecule has 0 aliphatic carbocycles. The maximum Gasteiger partial charge on any atom is 0.122 e. The highest BCUT2D eigenvalue weighted by Gasteiger charge is 2.14. The second-order valence-electron chi connectivity index (χ2n) is 6.04. The Morgan fingerprint density at radius 1 is 1.21 bits per heavy atom. The first-order valence-electron chi connectivity index (χ1n) is 7.67. The second-order valence-corrected chi connectivity index (χ2v) is 6.04. The molecule has 0 spiro atoms. The van der Waals surface area contributed by atoms with Gasteiger partial charge in [-0.25, -0.2) is 0 Å². The fraction of sp³-hybridized carbons (Fsp3) is 0.647. The summed E-state index contributed by atoms with van der Waals surface area (Å²) < 4.78 is 5.93. The lowest BCUT2D eigenvalue weighted by Crippen LogP contribution is -2.27. The van der Waals surface area contributed by atoms with E-state index in [0.717, 1.165) is 24.7 Å². The van der Waals surface area contributed by atoms with E-state index in [-0.39, 0.29) is 0 Å². The van der Waals surface area contributed by atoms with Gasteiger partial charge in [-0.2, -0.15) is 0 Å². The highest BCUT2D eigenvalue weighted by Crippen LogP contribution is 2.24. The Morgan fingerprint density at radius 2 is 1.95 bits per heavy atom. The normalized spacial score (nSPS) is 16.8. The molecule has 0 atom stereocenters. The van der Waals surface area contributed by atoms with Crippen LogP contribution < -0.4 is 10.1 Å². The van der Waals surface area contributed by atoms with E-state index >= 15 is 0 Å². The molecule has 1 heterocycles. The lowest BCUT2D eigenvalue weighted by molar-refractivity contribution is 0.267. The van der Waals surface area contributed by atoms with E-state index in [1.54, 1.807) is 0 Å². The Hall–Kier alpha value is -1.02. The molecule has 1 aliphatic heterocycles. The van der Waals surface area contributed by atoms with Crippen molar-refractivity contribution in [3.05, 3.63) is 29.8 Å². The predicted molar refractivity (Wildman–Crippen MR) is 80.7 cm³/mol. The van der Waals surface area contributed by atoms with Crippen LogP contribution in [0.25, 0.3) is 0 Å². The number of benzene rings is 1. The van der Waals surface area contributed by atoms with Crippen LogP contribution in [-0.2, 0) is 6.42 Å². The third-order valence-electron chi connectivity index (χ3n) is 3.83. The number of hydrogen-bond acceptors (Lipinski definition) is 2. The van der Waals surface area contributed by atoms with Gasteiger partial charge in [-0.1, -0.05) is 32.0 Å². The molecule has 0 unspecified atom stereocenters. The Kier molecular flexibility index (Phi) is 5.71. The van der Waals surface area contributed by atoms with Crippen LogP contribution in [0.5, 0.6) is 5.75 Å². The third-order valence-corrected chi connectivity index (χ3v) is 3.83. The molecule has 1 aliphatic rings. The van der Waals surface area contributed by atoms with Crippen molar-refractivity contribution >= 4 is 0 Å². The van der Waals surface area contributed by atoms with Crippen molar-refractivity contribution in [2.24, 2.45) is 11.8 Å². The van der Waals surface area contributed by atoms with Crippen LogP contribution in [0.2, 0.25) is 0 Å². The van der Waals surface area contributed by atoms with Gasteiger partial charge in [0.25, 0.3) is 0 Å². The van der Waals surface area contributed by atoms with Gasteiger partial charge in [0.15, 0.2) is 0 Å². The maximum atomic E-state index is 5.93. The molecule has 1 saturated heterocycles. The first kappa shape index (κ1) is 14.4. The SMILES string of the molecule is CC(C)COc1ccccc1CCC1CCNCC1. The van der Waals surface area contributed by atoms with Crippen molar-refractivity contribution in [3.63, 3.8) is 0 Å². The van der Waals surface area contributed by atoms with Crippen LogP contribution in [0.15, 0.2) is 24.3 Å². The molecule has 1 fully saturated rings. The zero-order chi connectivity index (χ0) is 13.5. The Bertz CT molecular complexity index is 369. The Balaban J connectivity index is 1.87. The molecular weight excluding hydrogens is 234 g/mol. The number of aryl methyl sites for hydroxylation is 1. The molecule has 19 heavy (non-hydrogen) atoms. The minimum absolute atomic E-state index is 0.581. The molecule has 106 valence electrons. The fourth-order valence-corrected chi connectivity index (χ4v) is 2.64. The summed E-state index contributed by atoms with van der Waals surface area (Å²) in [4.78, 5) is 0. The molecule has 2 rings (SSSR count). The van der Waals surface area contributed by atoms with Gasteiger partial charge >= 0.3 is 0 Å². The van der Waals surface area contributed by atoms with Crippen molar-refractivity contribution in [3.8, 4) is 5.75 Å². The van der Waals surface area contributed by atoms with Gasteiger partial charge in [0, 0.05) is 0 Å². The van der Waals surface area contributed by atoms with Crippen molar-refractivity contribution in [1.82, 2.24) is 5.32 Å². The molecule has 1 N–H and O–H groups in total. The molecule has 2 nitrogen and oxygen atoms in total. The highest BCUT2D eigenvalue weighted by molar-refractivity contribution is 5.33. The summed E-state index contributed by atoms with van der Waals surface area (Å²) in [7, 11) is 0. The summed E-state index contributed by atoms with van der Waals surface area (Å²) >= 11 is 0. The molecule has 0 amide bonds. The molecule has 2 heteroatoms. The molecule has 0 aromatic heterocycles. The third kappa shape index (κ3) is 4.87. The van der Waals surface area contributed by atoms with Crippen molar-refractivity contribution in [2.75, 3.05) is 19.7 Å². The number of piperidine rings is 1. The van der Waals surface area contributed by atoms with E-state index in [0.29, 0.717) is 5.92 Å². The molecular formula is C17H27NO. The van der Waals surface area contributed by atoms with E-state index < -0.39 is 0 Å². The van der Waals surface area contributed by atoms with E-state index in [9.17, 15) is 0 Å². The zero-order valence-electron chi connectivity index (χ0n) is 12.3. The number of ether oxygens (including phenoxy) is 1. The molecule has 0 bridgehead atoms. The predicted octanol–water partition coefficient (Wildman–Crippen LogP) is 3.65. The second kappa shape index (κ2) is 7.54. The van der Waals surface area contributed by atoms with Gasteiger partial charge in [0.05, 0.1) is 6.61 Å². The van der Waals surface area contributed by atoms with E-state index in [1.807, 2.05) is 0 Å². The average molecular weight is 261 g/mol. The standard InChI is InChI=1S/C17H27NO/c1-14(2)13-19-17-6-4-3-5-16(17)8-7-15-9-11-18-12-10-15/h3-6,14-15,18H,7-13H2,1-2H3. The lowest BCUT2D eigenvalue weighted by Gasteiger charge is -2.23. The van der Waals surface area contributed by atoms with Gasteiger partial charge < -0.3 is 10.1 Å². The average Bonchev–Trinajstić information content (AvgIpc) is 2.45. The quantitative estimate of drug-likeness (QED) is 0.844. The van der Waals surface area contributed by atoms with Gasteiger partial charge in [-0.05, 0) is 62.2 Å². The minimum atomic E-state index is 0.581. The first-order valence-corrected chi connectivity index (χ1v) is 7.67. The van der Waals surface area contributed by atoms with E-state index in [2.05, 4.69) is 43.4 Å². The first-order chi connectivity index (χ1) is 9.25. The van der Waals surface area contributed by atoms with Crippen molar-refractivity contribution < 1.29 is 4.74 Å². The molecule has 0 saturated carbocycles. The fourth-order valence-electron chi connectivity index (χ4n) is 2.64. The van der Waals surface area contributed by atoms with Crippen LogP contribution in [0.4, 0.5) is 0 Å². The number of rotatable bonds is 6. The molecule has 1 aromatic rings. The van der Waals surface area contributed by atoms with E-state index in [1.165, 1.54) is 37.9 Å². The van der Waals surface area contributed by atoms with E-state index in [4.69, 9.17) is 4.74 Å². The molecule has 1 aromatic carbocycles. The highest BCUT2D eigenvalue weighted by atomic mass is 16.5. The smallest absolute Gasteiger partial charge is 0.122 e. The summed E-state index contributed by atoms with van der Waals surface area (Å²) in [5.74, 6) is 2.56. The summed E-state index contributed by atoms with van der Waals surface area (Å²) in [5.41, 5.74) is 1.38. The largest absolute Gasteiger partial charge is 0.493 e. The van der Waals surface area contributed by atoms with Crippen LogP contribution in [0.3, 0.4) is 0 Å². The van der Waals surface area contributed by atoms with Crippen LogP contribution >= 0.6 is 0 Å². The van der Waals surface area contributed by atoms with Gasteiger partial charge in [0.2, 0.25) is 0 Å². The monoisotopic (exact) mass is 261 g/mol. The topological polar surface area (TPSA) is 21.3 Å².